The molecule has 0 saturated heterocycles. The topological polar surface area (TPSA) is 64.9 Å². The molecule has 0 saturated carbocycles. The van der Waals surface area contributed by atoms with E-state index in [1.54, 1.807) is 18.3 Å². The molecule has 0 spiro atoms. The fourth-order valence-corrected chi connectivity index (χ4v) is 1.16. The predicted octanol–water partition coefficient (Wildman–Crippen LogP) is 0.819. The molecule has 2 heterocycles. The number of aromatic nitrogens is 2. The third kappa shape index (κ3) is 1.68. The van der Waals surface area contributed by atoms with Crippen molar-refractivity contribution in [2.45, 2.75) is 0 Å². The minimum Gasteiger partial charge on any atom is -0.436 e. The molecule has 66 valence electrons. The van der Waals surface area contributed by atoms with Crippen LogP contribution in [0.1, 0.15) is 0 Å². The Bertz CT molecular complexity index is 427. The summed E-state index contributed by atoms with van der Waals surface area (Å²) in [5.74, 6) is 0.943. The predicted molar refractivity (Wildman–Crippen MR) is 53.5 cm³/mol. The number of oxazole rings is 1. The lowest BCUT2D eigenvalue weighted by Crippen LogP contribution is -1.91. The van der Waals surface area contributed by atoms with Gasteiger partial charge in [-0.15, -0.1) is 0 Å². The normalized spacial score (nSPS) is 10.2. The van der Waals surface area contributed by atoms with Crippen molar-refractivity contribution < 1.29 is 4.42 Å². The molecule has 2 aromatic rings. The second-order valence-electron chi connectivity index (χ2n) is 2.52. The molecule has 0 aliphatic rings. The Hall–Kier alpha value is -1.41. The molecular weight excluding hydrogens is 185 g/mol. The minimum atomic E-state index is 0.459. The summed E-state index contributed by atoms with van der Waals surface area (Å²) in [7, 11) is 2.42. The summed E-state index contributed by atoms with van der Waals surface area (Å²) >= 11 is 0. The van der Waals surface area contributed by atoms with Gasteiger partial charge in [-0.25, -0.2) is 9.97 Å². The highest BCUT2D eigenvalue weighted by atomic mass is 31.0. The number of nitrogen functional groups attached to an aromatic ring is 1. The minimum absolute atomic E-state index is 0.459. The molecule has 0 amide bonds. The Morgan fingerprint density at radius 2 is 2.23 bits per heavy atom. The summed E-state index contributed by atoms with van der Waals surface area (Å²) in [6.45, 7) is 0. The van der Waals surface area contributed by atoms with E-state index >= 15 is 0 Å². The highest BCUT2D eigenvalue weighted by Crippen LogP contribution is 2.14. The third-order valence-electron chi connectivity index (χ3n) is 1.51. The van der Waals surface area contributed by atoms with Crippen LogP contribution < -0.4 is 11.2 Å². The van der Waals surface area contributed by atoms with Gasteiger partial charge in [-0.1, -0.05) is 15.3 Å². The molecule has 0 fully saturated rings. The molecular formula is C8H8N3OP. The molecule has 2 N–H and O–H groups in total. The number of nitrogens with two attached hydrogens (primary N) is 1. The van der Waals surface area contributed by atoms with E-state index < -0.39 is 0 Å². The van der Waals surface area contributed by atoms with Crippen LogP contribution in [0.5, 0.6) is 0 Å². The van der Waals surface area contributed by atoms with E-state index in [4.69, 9.17) is 10.2 Å². The van der Waals surface area contributed by atoms with Crippen molar-refractivity contribution >= 4 is 20.6 Å². The summed E-state index contributed by atoms with van der Waals surface area (Å²) in [6, 6.07) is 5.32. The fourth-order valence-electron chi connectivity index (χ4n) is 0.976. The number of hydrogen-bond donors (Lipinski definition) is 1. The number of nitrogens with zero attached hydrogens (tertiary/aromatic N) is 2. The first-order chi connectivity index (χ1) is 6.25. The molecule has 0 aliphatic heterocycles. The molecule has 2 aromatic heterocycles. The van der Waals surface area contributed by atoms with Crippen LogP contribution >= 0.6 is 9.24 Å². The molecule has 0 aromatic carbocycles. The van der Waals surface area contributed by atoms with Crippen molar-refractivity contribution in [3.8, 4) is 11.6 Å². The van der Waals surface area contributed by atoms with E-state index in [0.717, 1.165) is 0 Å². The standard InChI is InChI=1S/C8H8N3OP/c9-6-3-1-2-5(11-6)8-10-4-7(13)12-8/h1-4H,13H2,(H2,9,11). The first-order valence-electron chi connectivity index (χ1n) is 3.70. The highest BCUT2D eigenvalue weighted by Gasteiger charge is 2.05. The van der Waals surface area contributed by atoms with Gasteiger partial charge < -0.3 is 10.2 Å². The van der Waals surface area contributed by atoms with Gasteiger partial charge in [-0.3, -0.25) is 0 Å². The summed E-state index contributed by atoms with van der Waals surface area (Å²) in [6.07, 6.45) is 1.62. The number of rotatable bonds is 1. The molecule has 0 aliphatic carbocycles. The maximum Gasteiger partial charge on any atom is 0.245 e. The zero-order valence-electron chi connectivity index (χ0n) is 6.77. The van der Waals surface area contributed by atoms with Gasteiger partial charge in [-0.05, 0) is 12.1 Å². The van der Waals surface area contributed by atoms with Gasteiger partial charge in [0.1, 0.15) is 17.0 Å². The molecule has 13 heavy (non-hydrogen) atoms. The van der Waals surface area contributed by atoms with Gasteiger partial charge in [0.15, 0.2) is 0 Å². The Balaban J connectivity index is 2.46. The van der Waals surface area contributed by atoms with E-state index in [2.05, 4.69) is 19.2 Å². The Morgan fingerprint density at radius 3 is 2.85 bits per heavy atom. The molecule has 0 radical (unpaired) electrons. The Labute approximate surface area is 77.4 Å². The van der Waals surface area contributed by atoms with Crippen LogP contribution in [0.4, 0.5) is 5.82 Å². The zero-order valence-corrected chi connectivity index (χ0v) is 7.92. The van der Waals surface area contributed by atoms with Crippen LogP contribution in [-0.4, -0.2) is 9.97 Å². The fraction of sp³-hybridized carbons (Fsp3) is 0. The second kappa shape index (κ2) is 3.15. The van der Waals surface area contributed by atoms with Crippen molar-refractivity contribution in [3.05, 3.63) is 24.4 Å². The lowest BCUT2D eigenvalue weighted by molar-refractivity contribution is 0.607. The highest BCUT2D eigenvalue weighted by molar-refractivity contribution is 7.26. The molecule has 0 bridgehead atoms. The quantitative estimate of drug-likeness (QED) is 0.681. The molecule has 1 unspecified atom stereocenters. The molecule has 5 heteroatoms. The number of hydrogen-bond acceptors (Lipinski definition) is 4. The van der Waals surface area contributed by atoms with Crippen LogP contribution in [0.15, 0.2) is 28.8 Å². The summed E-state index contributed by atoms with van der Waals surface area (Å²) in [5.41, 5.74) is 6.84. The largest absolute Gasteiger partial charge is 0.436 e. The van der Waals surface area contributed by atoms with Gasteiger partial charge in [0.2, 0.25) is 5.89 Å². The third-order valence-corrected chi connectivity index (χ3v) is 1.78. The maximum atomic E-state index is 5.52. The summed E-state index contributed by atoms with van der Waals surface area (Å²) in [4.78, 5) is 8.09. The van der Waals surface area contributed by atoms with Gasteiger partial charge in [0.05, 0.1) is 6.20 Å². The molecule has 2 rings (SSSR count). The van der Waals surface area contributed by atoms with Crippen molar-refractivity contribution in [1.29, 1.82) is 0 Å². The van der Waals surface area contributed by atoms with Gasteiger partial charge >= 0.3 is 0 Å². The van der Waals surface area contributed by atoms with E-state index in [1.165, 1.54) is 0 Å². The Morgan fingerprint density at radius 1 is 1.38 bits per heavy atom. The van der Waals surface area contributed by atoms with E-state index in [-0.39, 0.29) is 0 Å². The summed E-state index contributed by atoms with van der Waals surface area (Å²) < 4.78 is 5.26. The first-order valence-corrected chi connectivity index (χ1v) is 4.27. The lowest BCUT2D eigenvalue weighted by Gasteiger charge is -1.95. The average molecular weight is 193 g/mol. The second-order valence-corrected chi connectivity index (χ2v) is 3.08. The SMILES string of the molecule is Nc1cccc(-c2ncc(P)o2)n1. The monoisotopic (exact) mass is 193 g/mol. The smallest absolute Gasteiger partial charge is 0.245 e. The Kier molecular flexibility index (Phi) is 1.99. The van der Waals surface area contributed by atoms with Crippen LogP contribution in [0.3, 0.4) is 0 Å². The van der Waals surface area contributed by atoms with E-state index in [0.29, 0.717) is 22.9 Å². The maximum absolute atomic E-state index is 5.52. The van der Waals surface area contributed by atoms with E-state index in [9.17, 15) is 0 Å². The van der Waals surface area contributed by atoms with Crippen molar-refractivity contribution in [3.63, 3.8) is 0 Å². The van der Waals surface area contributed by atoms with Gasteiger partial charge in [0.25, 0.3) is 0 Å². The van der Waals surface area contributed by atoms with Crippen molar-refractivity contribution in [2.75, 3.05) is 5.73 Å². The molecule has 1 atom stereocenters. The van der Waals surface area contributed by atoms with Crippen molar-refractivity contribution in [1.82, 2.24) is 9.97 Å². The lowest BCUT2D eigenvalue weighted by atomic mass is 10.3. The first kappa shape index (κ1) is 8.20. The number of pyridine rings is 1. The van der Waals surface area contributed by atoms with Crippen LogP contribution in [0, 0.1) is 0 Å². The summed E-state index contributed by atoms with van der Waals surface area (Å²) in [5, 5.41) is 0. The van der Waals surface area contributed by atoms with Gasteiger partial charge in [-0.2, -0.15) is 0 Å². The van der Waals surface area contributed by atoms with Gasteiger partial charge in [0, 0.05) is 0 Å². The molecule has 4 nitrogen and oxygen atoms in total. The zero-order chi connectivity index (χ0) is 9.26. The number of anilines is 1. The average Bonchev–Trinajstić information content (AvgIpc) is 2.52. The van der Waals surface area contributed by atoms with Crippen molar-refractivity contribution in [2.24, 2.45) is 0 Å². The van der Waals surface area contributed by atoms with Crippen LogP contribution in [-0.2, 0) is 0 Å². The van der Waals surface area contributed by atoms with Crippen LogP contribution in [0.2, 0.25) is 0 Å². The van der Waals surface area contributed by atoms with Crippen LogP contribution in [0.25, 0.3) is 11.6 Å². The van der Waals surface area contributed by atoms with E-state index in [1.807, 2.05) is 6.07 Å².